The Bertz CT molecular complexity index is 1060. The van der Waals surface area contributed by atoms with E-state index in [1.165, 1.54) is 12.7 Å². The van der Waals surface area contributed by atoms with Crippen LogP contribution in [0.4, 0.5) is 5.82 Å². The molecule has 1 amide bonds. The number of aromatic nitrogens is 6. The van der Waals surface area contributed by atoms with Crippen LogP contribution in [0.3, 0.4) is 0 Å². The number of nitrogens with two attached hydrogens (primary N) is 1. The van der Waals surface area contributed by atoms with E-state index >= 15 is 0 Å². The van der Waals surface area contributed by atoms with Crippen molar-refractivity contribution in [3.63, 3.8) is 0 Å². The molecule has 1 aliphatic heterocycles. The van der Waals surface area contributed by atoms with Crippen LogP contribution in [0.15, 0.2) is 25.0 Å². The number of aliphatic hydroxyl groups is 2. The molecule has 1 fully saturated rings. The molecule has 3 aromatic heterocycles. The zero-order valence-electron chi connectivity index (χ0n) is 17.3. The van der Waals surface area contributed by atoms with Crippen LogP contribution in [0.25, 0.3) is 11.2 Å². The first kappa shape index (κ1) is 21.2. The topological polar surface area (TPSA) is 166 Å². The van der Waals surface area contributed by atoms with Gasteiger partial charge < -0.3 is 35.1 Å². The molecular formula is C19H26N8O4. The maximum Gasteiger partial charge on any atom is 0.240 e. The number of fused-ring (bicyclic) bond motifs is 1. The smallest absolute Gasteiger partial charge is 0.240 e. The molecule has 1 saturated heterocycles. The highest BCUT2D eigenvalue weighted by Gasteiger charge is 2.39. The number of nitrogens with one attached hydrogen (secondary N) is 1. The number of nitrogen functional groups attached to an aromatic ring is 1. The number of amides is 1. The number of carbonyl (C=O) groups excluding carboxylic acids is 1. The monoisotopic (exact) mass is 430 g/mol. The Morgan fingerprint density at radius 2 is 2.06 bits per heavy atom. The first-order valence-corrected chi connectivity index (χ1v) is 10.0. The highest BCUT2D eigenvalue weighted by Crippen LogP contribution is 2.21. The summed E-state index contributed by atoms with van der Waals surface area (Å²) in [6.45, 7) is 4.30. The van der Waals surface area contributed by atoms with Crippen LogP contribution < -0.4 is 11.1 Å². The van der Waals surface area contributed by atoms with Crippen molar-refractivity contribution >= 4 is 22.9 Å². The number of anilines is 1. The number of carbonyl (C=O) groups is 1. The maximum atomic E-state index is 12.5. The number of nitrogens with zero attached hydrogens (tertiary/aromatic N) is 6. The normalized spacial score (nSPS) is 24.0. The molecular weight excluding hydrogens is 404 g/mol. The predicted octanol–water partition coefficient (Wildman–Crippen LogP) is -0.966. The second-order valence-corrected chi connectivity index (χ2v) is 7.92. The second-order valence-electron chi connectivity index (χ2n) is 7.92. The van der Waals surface area contributed by atoms with Gasteiger partial charge in [0.1, 0.15) is 42.5 Å². The van der Waals surface area contributed by atoms with Crippen molar-refractivity contribution in [2.24, 2.45) is 0 Å². The average Bonchev–Trinajstić information content (AvgIpc) is 3.35. The first-order valence-electron chi connectivity index (χ1n) is 10.0. The minimum Gasteiger partial charge on any atom is -0.388 e. The number of aliphatic hydroxyl groups excluding tert-OH is 2. The molecule has 0 aromatic carbocycles. The van der Waals surface area contributed by atoms with E-state index in [0.717, 1.165) is 5.82 Å². The third kappa shape index (κ3) is 4.22. The average molecular weight is 430 g/mol. The summed E-state index contributed by atoms with van der Waals surface area (Å²) in [5.41, 5.74) is 6.88. The fourth-order valence-corrected chi connectivity index (χ4v) is 3.80. The van der Waals surface area contributed by atoms with Gasteiger partial charge in [0.2, 0.25) is 5.91 Å². The molecule has 4 heterocycles. The highest BCUT2D eigenvalue weighted by molar-refractivity contribution is 5.81. The Kier molecular flexibility index (Phi) is 5.85. The van der Waals surface area contributed by atoms with Crippen molar-refractivity contribution < 1.29 is 19.7 Å². The van der Waals surface area contributed by atoms with Crippen LogP contribution in [-0.2, 0) is 22.6 Å². The predicted molar refractivity (Wildman–Crippen MR) is 110 cm³/mol. The van der Waals surface area contributed by atoms with E-state index < -0.39 is 24.4 Å². The molecule has 31 heavy (non-hydrogen) atoms. The molecule has 0 aliphatic carbocycles. The Labute approximate surface area is 178 Å². The van der Waals surface area contributed by atoms with Gasteiger partial charge in [0, 0.05) is 18.3 Å². The number of imidazole rings is 2. The number of hydrogen-bond acceptors (Lipinski definition) is 9. The fourth-order valence-electron chi connectivity index (χ4n) is 3.80. The second kappa shape index (κ2) is 8.57. The minimum atomic E-state index is -1.22. The number of rotatable bonds is 6. The van der Waals surface area contributed by atoms with Crippen LogP contribution in [0, 0.1) is 0 Å². The van der Waals surface area contributed by atoms with Crippen LogP contribution in [0.5, 0.6) is 0 Å². The lowest BCUT2D eigenvalue weighted by Gasteiger charge is -2.38. The van der Waals surface area contributed by atoms with E-state index in [-0.39, 0.29) is 37.3 Å². The van der Waals surface area contributed by atoms with Crippen molar-refractivity contribution in [3.8, 4) is 0 Å². The number of ether oxygens (including phenoxy) is 1. The Morgan fingerprint density at radius 3 is 2.84 bits per heavy atom. The molecule has 0 unspecified atom stereocenters. The van der Waals surface area contributed by atoms with Gasteiger partial charge in [-0.05, 0) is 0 Å². The fraction of sp³-hybridized carbons (Fsp3) is 0.526. The van der Waals surface area contributed by atoms with Gasteiger partial charge in [0.25, 0.3) is 0 Å². The molecule has 0 bridgehead atoms. The van der Waals surface area contributed by atoms with Crippen LogP contribution in [-0.4, -0.2) is 76.2 Å². The van der Waals surface area contributed by atoms with Crippen molar-refractivity contribution in [2.75, 3.05) is 12.3 Å². The zero-order valence-corrected chi connectivity index (χ0v) is 17.3. The molecule has 4 rings (SSSR count). The summed E-state index contributed by atoms with van der Waals surface area (Å²) in [6, 6.07) is -0.738. The Hall–Kier alpha value is -3.09. The summed E-state index contributed by atoms with van der Waals surface area (Å²) < 4.78 is 9.19. The van der Waals surface area contributed by atoms with E-state index in [0.29, 0.717) is 11.2 Å². The number of hydrogen-bond donors (Lipinski definition) is 4. The van der Waals surface area contributed by atoms with Crippen molar-refractivity contribution in [3.05, 3.63) is 30.9 Å². The summed E-state index contributed by atoms with van der Waals surface area (Å²) >= 11 is 0. The van der Waals surface area contributed by atoms with Gasteiger partial charge in [-0.2, -0.15) is 0 Å². The molecule has 5 N–H and O–H groups in total. The molecule has 166 valence electrons. The Balaban J connectivity index is 1.38. The van der Waals surface area contributed by atoms with E-state index in [2.05, 4.69) is 25.3 Å². The molecule has 3 aromatic rings. The largest absolute Gasteiger partial charge is 0.388 e. The standard InChI is InChI=1S/C19H26N8O4/c1-10(2)19-21-3-4-26(19)6-13(28)25-11-7-31-12(16(30)15(11)29)5-27-9-24-18-14(27)17(20)22-8-23-18/h3-4,8-12,15-16,29-30H,5-7H2,1-2H3,(H,25,28)(H2,20,22,23)/t11-,12-,15+,16-/m1/s1. The van der Waals surface area contributed by atoms with Gasteiger partial charge in [-0.3, -0.25) is 4.79 Å². The molecule has 0 radical (unpaired) electrons. The van der Waals surface area contributed by atoms with Crippen molar-refractivity contribution in [1.82, 2.24) is 34.4 Å². The van der Waals surface area contributed by atoms with Gasteiger partial charge >= 0.3 is 0 Å². The van der Waals surface area contributed by atoms with Crippen LogP contribution in [0.2, 0.25) is 0 Å². The van der Waals surface area contributed by atoms with Crippen LogP contribution in [0.1, 0.15) is 25.6 Å². The summed E-state index contributed by atoms with van der Waals surface area (Å²) in [5.74, 6) is 0.932. The minimum absolute atomic E-state index is 0.0498. The molecule has 1 aliphatic rings. The van der Waals surface area contributed by atoms with Gasteiger partial charge in [0.15, 0.2) is 11.5 Å². The molecule has 0 spiro atoms. The molecule has 4 atom stereocenters. The summed E-state index contributed by atoms with van der Waals surface area (Å²) in [7, 11) is 0. The molecule has 12 nitrogen and oxygen atoms in total. The lowest BCUT2D eigenvalue weighted by Crippen LogP contribution is -2.60. The van der Waals surface area contributed by atoms with E-state index in [1.807, 2.05) is 13.8 Å². The van der Waals surface area contributed by atoms with Crippen molar-refractivity contribution in [2.45, 2.75) is 57.2 Å². The molecule has 12 heteroatoms. The van der Waals surface area contributed by atoms with Crippen molar-refractivity contribution in [1.29, 1.82) is 0 Å². The lowest BCUT2D eigenvalue weighted by atomic mass is 9.97. The van der Waals surface area contributed by atoms with E-state index in [4.69, 9.17) is 10.5 Å². The van der Waals surface area contributed by atoms with E-state index in [9.17, 15) is 15.0 Å². The van der Waals surface area contributed by atoms with Crippen LogP contribution >= 0.6 is 0 Å². The lowest BCUT2D eigenvalue weighted by molar-refractivity contribution is -0.158. The third-order valence-corrected chi connectivity index (χ3v) is 5.37. The zero-order chi connectivity index (χ0) is 22.1. The van der Waals surface area contributed by atoms with Gasteiger partial charge in [-0.25, -0.2) is 19.9 Å². The Morgan fingerprint density at radius 1 is 1.26 bits per heavy atom. The first-order chi connectivity index (χ1) is 14.8. The maximum absolute atomic E-state index is 12.5. The SMILES string of the molecule is CC(C)c1nccn1CC(=O)N[C@@H]1CO[C@H](Cn2cnc3ncnc(N)c32)[C@@H](O)[C@H]1O. The quantitative estimate of drug-likeness (QED) is 0.385. The highest BCUT2D eigenvalue weighted by atomic mass is 16.5. The summed E-state index contributed by atoms with van der Waals surface area (Å²) in [6.07, 6.45) is 3.10. The van der Waals surface area contributed by atoms with Gasteiger partial charge in [0.05, 0.1) is 25.5 Å². The summed E-state index contributed by atoms with van der Waals surface area (Å²) in [5, 5.41) is 23.9. The summed E-state index contributed by atoms with van der Waals surface area (Å²) in [4.78, 5) is 28.9. The third-order valence-electron chi connectivity index (χ3n) is 5.37. The molecule has 0 saturated carbocycles. The van der Waals surface area contributed by atoms with Gasteiger partial charge in [-0.1, -0.05) is 13.8 Å². The van der Waals surface area contributed by atoms with E-state index in [1.54, 1.807) is 21.5 Å². The van der Waals surface area contributed by atoms with Gasteiger partial charge in [-0.15, -0.1) is 0 Å².